The monoisotopic (exact) mass is 249 g/mol. The lowest BCUT2D eigenvalue weighted by Gasteiger charge is -2.20. The second-order valence-corrected chi connectivity index (χ2v) is 4.95. The summed E-state index contributed by atoms with van der Waals surface area (Å²) in [6.45, 7) is 5.22. The number of amides is 1. The van der Waals surface area contributed by atoms with Crippen molar-refractivity contribution < 1.29 is 14.7 Å². The summed E-state index contributed by atoms with van der Waals surface area (Å²) in [5.41, 5.74) is -0.276. The molecule has 0 aromatic heterocycles. The summed E-state index contributed by atoms with van der Waals surface area (Å²) in [6, 6.07) is 9.78. The topological polar surface area (TPSA) is 66.4 Å². The molecule has 0 fully saturated rings. The number of rotatable bonds is 5. The molecule has 1 aromatic carbocycles. The zero-order valence-electron chi connectivity index (χ0n) is 10.9. The molecule has 0 aliphatic rings. The van der Waals surface area contributed by atoms with Crippen LogP contribution in [0.1, 0.15) is 32.3 Å². The van der Waals surface area contributed by atoms with Gasteiger partial charge in [-0.05, 0) is 25.3 Å². The highest BCUT2D eigenvalue weighted by molar-refractivity contribution is 6.00. The normalized spacial score (nSPS) is 12.8. The molecule has 0 heterocycles. The van der Waals surface area contributed by atoms with Crippen LogP contribution in [0, 0.1) is 5.41 Å². The summed E-state index contributed by atoms with van der Waals surface area (Å²) >= 11 is 0. The molecule has 4 nitrogen and oxygen atoms in total. The highest BCUT2D eigenvalue weighted by atomic mass is 16.4. The molecule has 18 heavy (non-hydrogen) atoms. The fraction of sp³-hybridized carbons (Fsp3) is 0.429. The Labute approximate surface area is 107 Å². The van der Waals surface area contributed by atoms with E-state index in [0.717, 1.165) is 5.56 Å². The molecule has 0 spiro atoms. The van der Waals surface area contributed by atoms with Gasteiger partial charge >= 0.3 is 5.97 Å². The maximum Gasteiger partial charge on any atom is 0.318 e. The van der Waals surface area contributed by atoms with Gasteiger partial charge in [-0.15, -0.1) is 0 Å². The second-order valence-electron chi connectivity index (χ2n) is 4.95. The Morgan fingerprint density at radius 3 is 2.33 bits per heavy atom. The minimum Gasteiger partial charge on any atom is -0.480 e. The molecule has 2 N–H and O–H groups in total. The van der Waals surface area contributed by atoms with Gasteiger partial charge in [-0.1, -0.05) is 37.3 Å². The third-order valence-electron chi connectivity index (χ3n) is 3.04. The minimum absolute atomic E-state index is 0.153. The first kappa shape index (κ1) is 14.2. The van der Waals surface area contributed by atoms with Crippen molar-refractivity contribution in [1.29, 1.82) is 0 Å². The van der Waals surface area contributed by atoms with E-state index in [1.165, 1.54) is 13.8 Å². The predicted octanol–water partition coefficient (Wildman–Crippen LogP) is 2.02. The van der Waals surface area contributed by atoms with Crippen LogP contribution in [0.15, 0.2) is 30.3 Å². The van der Waals surface area contributed by atoms with Gasteiger partial charge in [0, 0.05) is 6.54 Å². The summed E-state index contributed by atoms with van der Waals surface area (Å²) in [5.74, 6) is -1.43. The van der Waals surface area contributed by atoms with E-state index in [0.29, 0.717) is 6.54 Å². The van der Waals surface area contributed by atoms with Crippen LogP contribution in [-0.4, -0.2) is 23.5 Å². The first-order valence-electron chi connectivity index (χ1n) is 5.92. The minimum atomic E-state index is -1.39. The van der Waals surface area contributed by atoms with Crippen LogP contribution in [-0.2, 0) is 9.59 Å². The molecule has 0 aliphatic heterocycles. The average Bonchev–Trinajstić information content (AvgIpc) is 2.36. The highest BCUT2D eigenvalue weighted by Gasteiger charge is 2.35. The maximum atomic E-state index is 11.8. The van der Waals surface area contributed by atoms with E-state index < -0.39 is 17.3 Å². The molecule has 0 saturated heterocycles. The number of aliphatic carboxylic acids is 1. The Balaban J connectivity index is 2.56. The number of carbonyl (C=O) groups excluding carboxylic acids is 1. The summed E-state index contributed by atoms with van der Waals surface area (Å²) < 4.78 is 0. The van der Waals surface area contributed by atoms with Crippen molar-refractivity contribution in [3.63, 3.8) is 0 Å². The zero-order valence-corrected chi connectivity index (χ0v) is 10.9. The number of hydrogen-bond donors (Lipinski definition) is 2. The Morgan fingerprint density at radius 2 is 1.83 bits per heavy atom. The van der Waals surface area contributed by atoms with Gasteiger partial charge < -0.3 is 10.4 Å². The molecule has 1 aromatic rings. The van der Waals surface area contributed by atoms with E-state index in [1.807, 2.05) is 37.3 Å². The van der Waals surface area contributed by atoms with Crippen LogP contribution in [0.2, 0.25) is 0 Å². The number of nitrogens with one attached hydrogen (secondary N) is 1. The molecule has 1 amide bonds. The zero-order chi connectivity index (χ0) is 13.8. The Kier molecular flexibility index (Phi) is 4.48. The Morgan fingerprint density at radius 1 is 1.28 bits per heavy atom. The van der Waals surface area contributed by atoms with Gasteiger partial charge in [-0.3, -0.25) is 9.59 Å². The molecule has 0 radical (unpaired) electrons. The molecule has 4 heteroatoms. The van der Waals surface area contributed by atoms with Crippen molar-refractivity contribution in [2.75, 3.05) is 6.54 Å². The van der Waals surface area contributed by atoms with E-state index in [-0.39, 0.29) is 5.92 Å². The van der Waals surface area contributed by atoms with Gasteiger partial charge in [0.15, 0.2) is 0 Å². The van der Waals surface area contributed by atoms with Gasteiger partial charge in [0.2, 0.25) is 5.91 Å². The number of hydrogen-bond acceptors (Lipinski definition) is 2. The van der Waals surface area contributed by atoms with E-state index >= 15 is 0 Å². The molecule has 1 rings (SSSR count). The lowest BCUT2D eigenvalue weighted by Crippen LogP contribution is -2.43. The smallest absolute Gasteiger partial charge is 0.318 e. The van der Waals surface area contributed by atoms with E-state index in [9.17, 15) is 9.59 Å². The largest absolute Gasteiger partial charge is 0.480 e. The quantitative estimate of drug-likeness (QED) is 0.784. The average molecular weight is 249 g/mol. The summed E-state index contributed by atoms with van der Waals surface area (Å²) in [5, 5.41) is 11.6. The number of benzene rings is 1. The predicted molar refractivity (Wildman–Crippen MR) is 69.3 cm³/mol. The SMILES string of the molecule is CC(CNC(=O)C(C)(C)C(=O)O)c1ccccc1. The molecule has 0 saturated carbocycles. The van der Waals surface area contributed by atoms with Gasteiger partial charge in [0.1, 0.15) is 5.41 Å². The molecular formula is C14H19NO3. The van der Waals surface area contributed by atoms with Crippen molar-refractivity contribution in [2.24, 2.45) is 5.41 Å². The van der Waals surface area contributed by atoms with Gasteiger partial charge in [-0.2, -0.15) is 0 Å². The highest BCUT2D eigenvalue weighted by Crippen LogP contribution is 2.17. The summed E-state index contributed by atoms with van der Waals surface area (Å²) in [6.07, 6.45) is 0. The van der Waals surface area contributed by atoms with E-state index in [4.69, 9.17) is 5.11 Å². The molecule has 0 aliphatic carbocycles. The van der Waals surface area contributed by atoms with E-state index in [1.54, 1.807) is 0 Å². The number of carboxylic acid groups (broad SMARTS) is 1. The lowest BCUT2D eigenvalue weighted by atomic mass is 9.92. The molecule has 98 valence electrons. The van der Waals surface area contributed by atoms with Crippen molar-refractivity contribution >= 4 is 11.9 Å². The fourth-order valence-corrected chi connectivity index (χ4v) is 1.46. The third-order valence-corrected chi connectivity index (χ3v) is 3.04. The number of carboxylic acids is 1. The molecular weight excluding hydrogens is 230 g/mol. The summed E-state index contributed by atoms with van der Waals surface area (Å²) in [4.78, 5) is 22.7. The first-order valence-corrected chi connectivity index (χ1v) is 5.92. The van der Waals surface area contributed by atoms with Crippen LogP contribution < -0.4 is 5.32 Å². The van der Waals surface area contributed by atoms with Crippen LogP contribution in [0.25, 0.3) is 0 Å². The van der Waals surface area contributed by atoms with Crippen LogP contribution in [0.4, 0.5) is 0 Å². The number of carbonyl (C=O) groups is 2. The molecule has 1 unspecified atom stereocenters. The molecule has 1 atom stereocenters. The third kappa shape index (κ3) is 3.32. The van der Waals surface area contributed by atoms with Crippen molar-refractivity contribution in [3.8, 4) is 0 Å². The Hall–Kier alpha value is -1.84. The van der Waals surface area contributed by atoms with Crippen LogP contribution >= 0.6 is 0 Å². The van der Waals surface area contributed by atoms with Crippen molar-refractivity contribution in [3.05, 3.63) is 35.9 Å². The maximum absolute atomic E-state index is 11.8. The van der Waals surface area contributed by atoms with Crippen molar-refractivity contribution in [1.82, 2.24) is 5.32 Å². The second kappa shape index (κ2) is 5.67. The van der Waals surface area contributed by atoms with Crippen LogP contribution in [0.3, 0.4) is 0 Å². The first-order chi connectivity index (χ1) is 8.35. The van der Waals surface area contributed by atoms with Gasteiger partial charge in [0.05, 0.1) is 0 Å². The standard InChI is InChI=1S/C14H19NO3/c1-10(11-7-5-4-6-8-11)9-15-12(16)14(2,3)13(17)18/h4-8,10H,9H2,1-3H3,(H,15,16)(H,17,18). The molecule has 0 bridgehead atoms. The fourth-order valence-electron chi connectivity index (χ4n) is 1.46. The van der Waals surface area contributed by atoms with E-state index in [2.05, 4.69) is 5.32 Å². The van der Waals surface area contributed by atoms with Crippen LogP contribution in [0.5, 0.6) is 0 Å². The summed E-state index contributed by atoms with van der Waals surface area (Å²) in [7, 11) is 0. The van der Waals surface area contributed by atoms with Gasteiger partial charge in [-0.25, -0.2) is 0 Å². The van der Waals surface area contributed by atoms with Gasteiger partial charge in [0.25, 0.3) is 0 Å². The Bertz CT molecular complexity index is 426. The lowest BCUT2D eigenvalue weighted by molar-refractivity contribution is -0.153. The van der Waals surface area contributed by atoms with Crippen molar-refractivity contribution in [2.45, 2.75) is 26.7 Å².